The molecule has 4 atom stereocenters. The van der Waals surface area contributed by atoms with Gasteiger partial charge in [-0.05, 0) is 26.3 Å². The van der Waals surface area contributed by atoms with Crippen LogP contribution in [0.5, 0.6) is 0 Å². The highest BCUT2D eigenvalue weighted by Crippen LogP contribution is 2.50. The van der Waals surface area contributed by atoms with Crippen molar-refractivity contribution in [3.63, 3.8) is 0 Å². The number of hydrogen-bond acceptors (Lipinski definition) is 9. The van der Waals surface area contributed by atoms with Crippen LogP contribution in [0.15, 0.2) is 23.0 Å². The maximum absolute atomic E-state index is 12.2. The second kappa shape index (κ2) is 6.43. The van der Waals surface area contributed by atoms with Crippen molar-refractivity contribution in [2.45, 2.75) is 63.1 Å². The van der Waals surface area contributed by atoms with Crippen LogP contribution < -0.4 is 0 Å². The van der Waals surface area contributed by atoms with E-state index >= 15 is 0 Å². The summed E-state index contributed by atoms with van der Waals surface area (Å²) in [6, 6.07) is 0. The molecule has 0 aromatic rings. The van der Waals surface area contributed by atoms with Crippen LogP contribution in [0.2, 0.25) is 0 Å². The summed E-state index contributed by atoms with van der Waals surface area (Å²) in [6.45, 7) is 3.86. The first-order valence-electron chi connectivity index (χ1n) is 8.57. The molecule has 27 heavy (non-hydrogen) atoms. The van der Waals surface area contributed by atoms with Crippen LogP contribution in [-0.4, -0.2) is 58.3 Å². The number of carbonyl (C=O) groups is 3. The van der Waals surface area contributed by atoms with Gasteiger partial charge < -0.3 is 29.2 Å². The van der Waals surface area contributed by atoms with Crippen LogP contribution in [0.1, 0.15) is 40.0 Å². The van der Waals surface area contributed by atoms with Gasteiger partial charge in [-0.3, -0.25) is 9.59 Å². The summed E-state index contributed by atoms with van der Waals surface area (Å²) in [7, 11) is 0. The lowest BCUT2D eigenvalue weighted by Crippen LogP contribution is -2.56. The molecule has 0 aliphatic carbocycles. The average molecular weight is 382 g/mol. The van der Waals surface area contributed by atoms with E-state index < -0.39 is 41.6 Å². The van der Waals surface area contributed by atoms with Crippen molar-refractivity contribution in [2.75, 3.05) is 6.61 Å². The fourth-order valence-corrected chi connectivity index (χ4v) is 3.94. The molecule has 3 aliphatic heterocycles. The fraction of sp³-hybridized carbons (Fsp3) is 0.611. The van der Waals surface area contributed by atoms with Crippen molar-refractivity contribution in [1.82, 2.24) is 0 Å². The molecule has 0 spiro atoms. The van der Waals surface area contributed by atoms with E-state index in [0.29, 0.717) is 6.42 Å². The number of aliphatic hydroxyl groups is 2. The first-order valence-corrected chi connectivity index (χ1v) is 8.57. The molecule has 2 bridgehead atoms. The van der Waals surface area contributed by atoms with Gasteiger partial charge in [-0.2, -0.15) is 0 Å². The minimum Gasteiger partial charge on any atom is -0.457 e. The van der Waals surface area contributed by atoms with Crippen molar-refractivity contribution in [3.8, 4) is 0 Å². The highest BCUT2D eigenvalue weighted by Gasteiger charge is 2.61. The molecule has 0 aromatic carbocycles. The number of hydrogen-bond donors (Lipinski definition) is 2. The van der Waals surface area contributed by atoms with Gasteiger partial charge in [-0.25, -0.2) is 4.79 Å². The molecule has 3 heterocycles. The number of carbonyl (C=O) groups excluding carboxylic acids is 3. The predicted molar refractivity (Wildman–Crippen MR) is 87.7 cm³/mol. The third-order valence-electron chi connectivity index (χ3n) is 5.25. The zero-order valence-corrected chi connectivity index (χ0v) is 15.3. The topological polar surface area (TPSA) is 129 Å². The molecule has 0 aromatic heterocycles. The first-order chi connectivity index (χ1) is 12.6. The second-order valence-corrected chi connectivity index (χ2v) is 7.41. The van der Waals surface area contributed by atoms with Crippen molar-refractivity contribution < 1.29 is 43.5 Å². The molecule has 9 nitrogen and oxygen atoms in total. The minimum atomic E-state index is -1.77. The Hall–Kier alpha value is -2.23. The molecule has 9 heteroatoms. The van der Waals surface area contributed by atoms with Crippen LogP contribution in [0.3, 0.4) is 0 Å². The summed E-state index contributed by atoms with van der Waals surface area (Å²) in [5.74, 6) is -2.98. The van der Waals surface area contributed by atoms with E-state index in [1.54, 1.807) is 6.92 Å². The van der Waals surface area contributed by atoms with Crippen molar-refractivity contribution in [1.29, 1.82) is 0 Å². The summed E-state index contributed by atoms with van der Waals surface area (Å²) in [6.07, 6.45) is 0.722. The molecule has 3 rings (SSSR count). The van der Waals surface area contributed by atoms with Gasteiger partial charge in [-0.1, -0.05) is 0 Å². The Balaban J connectivity index is 2.20. The average Bonchev–Trinajstić information content (AvgIpc) is 3.04. The third kappa shape index (κ3) is 3.15. The van der Waals surface area contributed by atoms with Crippen LogP contribution in [0, 0.1) is 0 Å². The largest absolute Gasteiger partial charge is 0.457 e. The Morgan fingerprint density at radius 3 is 2.70 bits per heavy atom. The van der Waals surface area contributed by atoms with E-state index in [2.05, 4.69) is 0 Å². The molecule has 2 N–H and O–H groups in total. The number of fused-ring (bicyclic) bond motifs is 3. The van der Waals surface area contributed by atoms with E-state index in [-0.39, 0.29) is 36.2 Å². The molecular weight excluding hydrogens is 360 g/mol. The molecule has 0 amide bonds. The van der Waals surface area contributed by atoms with E-state index in [1.165, 1.54) is 19.9 Å². The number of aliphatic hydroxyl groups excluding tert-OH is 1. The molecule has 1 saturated heterocycles. The van der Waals surface area contributed by atoms with Gasteiger partial charge in [0.2, 0.25) is 5.79 Å². The van der Waals surface area contributed by atoms with Gasteiger partial charge >= 0.3 is 11.9 Å². The SMILES string of the molecule is CC(=O)OC1CC(C)(O)C2(OC=O)CCC(C)(C=C3OC(=O)C(CO)=C31)O2. The maximum atomic E-state index is 12.2. The summed E-state index contributed by atoms with van der Waals surface area (Å²) >= 11 is 0. The quantitative estimate of drug-likeness (QED) is 0.399. The third-order valence-corrected chi connectivity index (χ3v) is 5.25. The van der Waals surface area contributed by atoms with Crippen molar-refractivity contribution in [2.24, 2.45) is 0 Å². The Bertz CT molecular complexity index is 750. The van der Waals surface area contributed by atoms with E-state index in [9.17, 15) is 24.6 Å². The number of ether oxygens (including phenoxy) is 4. The monoisotopic (exact) mass is 382 g/mol. The van der Waals surface area contributed by atoms with Crippen LogP contribution in [0.4, 0.5) is 0 Å². The Kier molecular flexibility index (Phi) is 4.65. The van der Waals surface area contributed by atoms with Gasteiger partial charge in [0.1, 0.15) is 17.5 Å². The van der Waals surface area contributed by atoms with Crippen molar-refractivity contribution >= 4 is 18.4 Å². The minimum absolute atomic E-state index is 0.0602. The van der Waals surface area contributed by atoms with Gasteiger partial charge in [-0.15, -0.1) is 0 Å². The highest BCUT2D eigenvalue weighted by atomic mass is 16.7. The Labute approximate surface area is 155 Å². The summed E-state index contributed by atoms with van der Waals surface area (Å²) in [5, 5.41) is 20.8. The zero-order valence-electron chi connectivity index (χ0n) is 15.3. The molecule has 4 unspecified atom stereocenters. The van der Waals surface area contributed by atoms with Gasteiger partial charge in [0.05, 0.1) is 17.8 Å². The molecule has 1 fully saturated rings. The van der Waals surface area contributed by atoms with Gasteiger partial charge in [0.15, 0.2) is 0 Å². The van der Waals surface area contributed by atoms with Gasteiger partial charge in [0.25, 0.3) is 6.47 Å². The lowest BCUT2D eigenvalue weighted by atomic mass is 9.82. The van der Waals surface area contributed by atoms with E-state index in [1.807, 2.05) is 0 Å². The summed E-state index contributed by atoms with van der Waals surface area (Å²) in [4.78, 5) is 34.9. The zero-order chi connectivity index (χ0) is 20.0. The fourth-order valence-electron chi connectivity index (χ4n) is 3.94. The number of esters is 2. The maximum Gasteiger partial charge on any atom is 0.342 e. The first kappa shape index (κ1) is 19.5. The second-order valence-electron chi connectivity index (χ2n) is 7.41. The Morgan fingerprint density at radius 1 is 1.41 bits per heavy atom. The lowest BCUT2D eigenvalue weighted by molar-refractivity contribution is -0.300. The van der Waals surface area contributed by atoms with E-state index in [0.717, 1.165) is 0 Å². The predicted octanol–water partition coefficient (Wildman–Crippen LogP) is 0.241. The molecule has 148 valence electrons. The molecule has 3 aliphatic rings. The van der Waals surface area contributed by atoms with Crippen LogP contribution in [-0.2, 0) is 33.3 Å². The molecule has 0 saturated carbocycles. The summed E-state index contributed by atoms with van der Waals surface area (Å²) < 4.78 is 21.8. The van der Waals surface area contributed by atoms with Crippen LogP contribution >= 0.6 is 0 Å². The standard InChI is InChI=1S/C18H22O9/c1-10(21)25-13-7-17(3,23)18(24-9-20)5-4-16(2,27-18)6-12-14(13)11(8-19)15(22)26-12/h6,9,13,19,23H,4-5,7-8H2,1-3H3. The molecule has 0 radical (unpaired) electrons. The molecular formula is C18H22O9. The van der Waals surface area contributed by atoms with E-state index in [4.69, 9.17) is 18.9 Å². The van der Waals surface area contributed by atoms with Crippen LogP contribution in [0.25, 0.3) is 0 Å². The number of rotatable bonds is 4. The highest BCUT2D eigenvalue weighted by molar-refractivity contribution is 5.95. The van der Waals surface area contributed by atoms with Gasteiger partial charge in [0, 0.05) is 25.3 Å². The summed E-state index contributed by atoms with van der Waals surface area (Å²) in [5.41, 5.74) is -2.68. The smallest absolute Gasteiger partial charge is 0.342 e. The van der Waals surface area contributed by atoms with Crippen molar-refractivity contribution in [3.05, 3.63) is 23.0 Å². The Morgan fingerprint density at radius 2 is 2.11 bits per heavy atom. The normalized spacial score (nSPS) is 38.2. The lowest BCUT2D eigenvalue weighted by Gasteiger charge is -2.42.